The van der Waals surface area contributed by atoms with Crippen molar-refractivity contribution in [1.82, 2.24) is 19.6 Å². The van der Waals surface area contributed by atoms with Crippen LogP contribution in [0.25, 0.3) is 0 Å². The molecule has 462 valence electrons. The average molecular weight is 1260 g/mol. The van der Waals surface area contributed by atoms with Crippen molar-refractivity contribution in [3.8, 4) is 23.0 Å². The number of rotatable bonds is 6. The van der Waals surface area contributed by atoms with Gasteiger partial charge in [0.15, 0.2) is 0 Å². The number of para-hydroxylation sites is 4. The van der Waals surface area contributed by atoms with Crippen LogP contribution in [-0.2, 0) is 0 Å². The SMILES string of the molecule is Cc1ccc(C(=O)N2[C@@H]3c4ccccc4OP(c4ccccc4P4Oc5ccccc5[C@@H]5[C@@H](c6ccccc6O4)N(C(=O)c4ccc(C)cc4)[C@H]4CCCC[C@@H]4N5C(=O)c4ccc(C)cc4)Oc4ccccc4[C@H]3N(C(=O)c3ccc(C)cc3)[C@H]3CCCC[C@@H]32)cc1. The molecular formula is C78H72N4O8P2. The topological polar surface area (TPSA) is 118 Å². The molecule has 9 aromatic carbocycles. The first-order chi connectivity index (χ1) is 45.0. The standard InChI is InChI=1S/C78H72N4O8P2/c1-49-33-41-53(42-34-49)75(83)79-61-23-9-10-24-62(61)80(76(84)54-43-35-50(2)36-44-54)72-58-20-6-14-28-66(58)88-91(87-65-27-13-5-19-57(65)71(72)79)69-31-17-18-32-70(69)92-89-67-29-15-7-21-59(67)73-74(60-22-8-16-30-68(60)90-92)82(78(86)56-47-39-52(4)40-48-56)64-26-12-11-25-63(64)81(73)77(85)55-45-37-51(3)38-46-55/h5-8,13-22,27-48,61-64,71-74H,9-12,23-26H2,1-4H3/t61-,62-,63-,64-,71+,72+,73+,74+/m0/s1. The first-order valence-corrected chi connectivity index (χ1v) is 34.7. The van der Waals surface area contributed by atoms with Gasteiger partial charge >= 0.3 is 16.8 Å². The number of hydrogen-bond acceptors (Lipinski definition) is 8. The summed E-state index contributed by atoms with van der Waals surface area (Å²) in [4.78, 5) is 71.8. The third-order valence-corrected chi connectivity index (χ3v) is 22.9. The third kappa shape index (κ3) is 10.7. The lowest BCUT2D eigenvalue weighted by Gasteiger charge is -2.57. The Hall–Kier alpha value is -9.08. The van der Waals surface area contributed by atoms with Crippen molar-refractivity contribution in [2.75, 3.05) is 0 Å². The van der Waals surface area contributed by atoms with Gasteiger partial charge in [-0.1, -0.05) is 181 Å². The molecule has 0 N–H and O–H groups in total. The summed E-state index contributed by atoms with van der Waals surface area (Å²) >= 11 is 0. The second-order valence-corrected chi connectivity index (χ2v) is 28.2. The molecule has 0 unspecified atom stereocenters. The normalized spacial score (nSPS) is 22.6. The van der Waals surface area contributed by atoms with Gasteiger partial charge < -0.3 is 37.7 Å². The molecule has 4 amide bonds. The molecule has 0 radical (unpaired) electrons. The molecule has 2 aliphatic carbocycles. The minimum atomic E-state index is -2.17. The lowest BCUT2D eigenvalue weighted by Crippen LogP contribution is -2.65. The summed E-state index contributed by atoms with van der Waals surface area (Å²) in [6.45, 7) is 8.10. The molecule has 14 heteroatoms. The van der Waals surface area contributed by atoms with E-state index in [1.165, 1.54) is 0 Å². The number of amides is 4. The lowest BCUT2D eigenvalue weighted by molar-refractivity contribution is -0.0531. The molecule has 15 rings (SSSR count). The van der Waals surface area contributed by atoms with Gasteiger partial charge in [0, 0.05) is 44.5 Å². The summed E-state index contributed by atoms with van der Waals surface area (Å²) < 4.78 is 30.2. The van der Waals surface area contributed by atoms with Crippen LogP contribution in [0, 0.1) is 27.7 Å². The number of carbonyl (C=O) groups is 4. The minimum absolute atomic E-state index is 0.110. The maximum Gasteiger partial charge on any atom is 0.327 e. The zero-order valence-corrected chi connectivity index (χ0v) is 53.8. The largest absolute Gasteiger partial charge is 0.435 e. The van der Waals surface area contributed by atoms with Crippen LogP contribution < -0.4 is 28.7 Å². The predicted octanol–water partition coefficient (Wildman–Crippen LogP) is 16.5. The Kier molecular flexibility index (Phi) is 16.0. The van der Waals surface area contributed by atoms with Crippen LogP contribution >= 0.6 is 16.8 Å². The van der Waals surface area contributed by atoms with E-state index in [0.29, 0.717) is 81.5 Å². The van der Waals surface area contributed by atoms with Crippen molar-refractivity contribution in [2.45, 2.75) is 127 Å². The Balaban J connectivity index is 0.903. The first kappa shape index (κ1) is 59.2. The minimum Gasteiger partial charge on any atom is -0.435 e. The Morgan fingerprint density at radius 3 is 0.728 bits per heavy atom. The number of fused-ring (bicyclic) bond motifs is 12. The van der Waals surface area contributed by atoms with E-state index in [0.717, 1.165) is 70.2 Å². The maximum atomic E-state index is 15.9. The lowest BCUT2D eigenvalue weighted by atomic mass is 9.77. The number of hydrogen-bond donors (Lipinski definition) is 0. The van der Waals surface area contributed by atoms with Gasteiger partial charge in [0.25, 0.3) is 23.6 Å². The highest BCUT2D eigenvalue weighted by atomic mass is 31.2. The third-order valence-electron chi connectivity index (χ3n) is 19.7. The second-order valence-electron chi connectivity index (χ2n) is 25.5. The maximum absolute atomic E-state index is 15.9. The number of carbonyl (C=O) groups excluding carboxylic acids is 4. The molecule has 92 heavy (non-hydrogen) atoms. The fourth-order valence-corrected chi connectivity index (χ4v) is 18.6. The van der Waals surface area contributed by atoms with Gasteiger partial charge in [0.1, 0.15) is 23.0 Å². The van der Waals surface area contributed by atoms with Crippen LogP contribution in [-0.4, -0.2) is 67.4 Å². The highest BCUT2D eigenvalue weighted by Crippen LogP contribution is 2.60. The van der Waals surface area contributed by atoms with Crippen LogP contribution in [0.1, 0.15) is 161 Å². The Labute approximate surface area is 540 Å². The monoisotopic (exact) mass is 1250 g/mol. The van der Waals surface area contributed by atoms with Gasteiger partial charge in [-0.2, -0.15) is 0 Å². The number of piperazine rings is 2. The molecule has 9 aromatic rings. The summed E-state index contributed by atoms with van der Waals surface area (Å²) in [5.41, 5.74) is 9.48. The fraction of sp³-hybridized carbons (Fsp3) is 0.256. The number of nitrogens with zero attached hydrogens (tertiary/aromatic N) is 4. The van der Waals surface area contributed by atoms with E-state index in [2.05, 4.69) is 19.6 Å². The van der Waals surface area contributed by atoms with Gasteiger partial charge in [-0.15, -0.1) is 0 Å². The van der Waals surface area contributed by atoms with Crippen molar-refractivity contribution in [1.29, 1.82) is 0 Å². The van der Waals surface area contributed by atoms with Gasteiger partial charge in [-0.25, -0.2) is 0 Å². The predicted molar refractivity (Wildman–Crippen MR) is 360 cm³/mol. The van der Waals surface area contributed by atoms with Gasteiger partial charge in [0.05, 0.1) is 58.9 Å². The Morgan fingerprint density at radius 2 is 0.500 bits per heavy atom. The molecule has 0 bridgehead atoms. The Bertz CT molecular complexity index is 3760. The van der Waals surface area contributed by atoms with Gasteiger partial charge in [-0.3, -0.25) is 19.2 Å². The molecule has 2 saturated carbocycles. The number of benzene rings is 9. The van der Waals surface area contributed by atoms with Crippen molar-refractivity contribution in [3.05, 3.63) is 285 Å². The second kappa shape index (κ2) is 24.9. The zero-order valence-electron chi connectivity index (χ0n) is 52.0. The van der Waals surface area contributed by atoms with E-state index in [9.17, 15) is 0 Å². The smallest absolute Gasteiger partial charge is 0.327 e. The molecule has 0 aromatic heterocycles. The summed E-state index contributed by atoms with van der Waals surface area (Å²) in [7, 11) is -4.34. The molecule has 12 nitrogen and oxygen atoms in total. The zero-order chi connectivity index (χ0) is 62.7. The molecule has 6 aliphatic rings. The first-order valence-electron chi connectivity index (χ1n) is 32.3. The molecule has 4 heterocycles. The average Bonchev–Trinajstić information content (AvgIpc) is 1.06. The van der Waals surface area contributed by atoms with E-state index < -0.39 is 40.9 Å². The molecule has 8 atom stereocenters. The van der Waals surface area contributed by atoms with E-state index >= 15 is 19.2 Å². The molecular weight excluding hydrogens is 1180 g/mol. The molecule has 4 aliphatic heterocycles. The fourth-order valence-electron chi connectivity index (χ4n) is 15.3. The summed E-state index contributed by atoms with van der Waals surface area (Å²) in [6, 6.07) is 66.7. The molecule has 2 saturated heterocycles. The Morgan fingerprint density at radius 1 is 0.293 bits per heavy atom. The van der Waals surface area contributed by atoms with Crippen molar-refractivity contribution in [3.63, 3.8) is 0 Å². The van der Waals surface area contributed by atoms with Gasteiger partial charge in [0.2, 0.25) is 0 Å². The van der Waals surface area contributed by atoms with E-state index in [4.69, 9.17) is 18.1 Å². The van der Waals surface area contributed by atoms with Crippen LogP contribution in [0.3, 0.4) is 0 Å². The van der Waals surface area contributed by atoms with Gasteiger partial charge in [-0.05, 0) is 138 Å². The van der Waals surface area contributed by atoms with Crippen LogP contribution in [0.5, 0.6) is 23.0 Å². The summed E-state index contributed by atoms with van der Waals surface area (Å²) in [5, 5.41) is 1.36. The van der Waals surface area contributed by atoms with Crippen molar-refractivity contribution in [2.24, 2.45) is 0 Å². The quantitative estimate of drug-likeness (QED) is 0.151. The summed E-state index contributed by atoms with van der Waals surface area (Å²) in [5.74, 6) is 1.60. The summed E-state index contributed by atoms with van der Waals surface area (Å²) in [6.07, 6.45) is 6.47. The van der Waals surface area contributed by atoms with Crippen molar-refractivity contribution < 1.29 is 37.3 Å². The molecule has 0 spiro atoms. The van der Waals surface area contributed by atoms with E-state index in [-0.39, 0.29) is 47.8 Å². The van der Waals surface area contributed by atoms with Crippen LogP contribution in [0.15, 0.2) is 218 Å². The van der Waals surface area contributed by atoms with Crippen molar-refractivity contribution >= 4 is 51.0 Å². The van der Waals surface area contributed by atoms with Crippen LogP contribution in [0.2, 0.25) is 0 Å². The van der Waals surface area contributed by atoms with Crippen LogP contribution in [0.4, 0.5) is 0 Å². The highest BCUT2D eigenvalue weighted by molar-refractivity contribution is 7.63. The highest BCUT2D eigenvalue weighted by Gasteiger charge is 2.57. The number of aryl methyl sites for hydroxylation is 4. The van der Waals surface area contributed by atoms with E-state index in [1.54, 1.807) is 0 Å². The molecule has 4 fully saturated rings. The van der Waals surface area contributed by atoms with E-state index in [1.807, 2.05) is 246 Å².